The van der Waals surface area contributed by atoms with Crippen LogP contribution in [0.25, 0.3) is 0 Å². The molecule has 0 amide bonds. The van der Waals surface area contributed by atoms with Crippen LogP contribution in [0, 0.1) is 0 Å². The summed E-state index contributed by atoms with van der Waals surface area (Å²) in [5.41, 5.74) is 0.179. The molecule has 0 saturated heterocycles. The minimum atomic E-state index is -0.765. The minimum absolute atomic E-state index is 0.179. The van der Waals surface area contributed by atoms with E-state index in [1.165, 1.54) is 6.92 Å². The van der Waals surface area contributed by atoms with E-state index < -0.39 is 11.9 Å². The number of carbonyl (C=O) groups excluding carboxylic acids is 2. The Morgan fingerprint density at radius 3 is 2.43 bits per heavy atom. The van der Waals surface area contributed by atoms with Gasteiger partial charge >= 0.3 is 11.9 Å². The van der Waals surface area contributed by atoms with Gasteiger partial charge in [0.25, 0.3) is 0 Å². The van der Waals surface area contributed by atoms with Crippen molar-refractivity contribution >= 4 is 17.9 Å². The predicted molar refractivity (Wildman–Crippen MR) is 47.1 cm³/mol. The third-order valence-electron chi connectivity index (χ3n) is 0.861. The van der Waals surface area contributed by atoms with Crippen LogP contribution in [0.5, 0.6) is 0 Å². The van der Waals surface area contributed by atoms with Crippen LogP contribution in [0.3, 0.4) is 0 Å². The van der Waals surface area contributed by atoms with Crippen LogP contribution >= 0.6 is 0 Å². The Balaban J connectivity index is 3.94. The third-order valence-corrected chi connectivity index (χ3v) is 0.861. The van der Waals surface area contributed by atoms with Crippen molar-refractivity contribution in [3.63, 3.8) is 0 Å². The molecule has 14 heavy (non-hydrogen) atoms. The van der Waals surface area contributed by atoms with Gasteiger partial charge in [0, 0.05) is 11.6 Å². The number of rotatable bonds is 4. The second kappa shape index (κ2) is 6.33. The lowest BCUT2D eigenvalue weighted by Gasteiger charge is -1.90. The van der Waals surface area contributed by atoms with Gasteiger partial charge in [0.05, 0.1) is 0 Å². The molecule has 6 nitrogen and oxygen atoms in total. The van der Waals surface area contributed by atoms with Gasteiger partial charge in [-0.2, -0.15) is 0 Å². The van der Waals surface area contributed by atoms with Crippen molar-refractivity contribution in [2.75, 3.05) is 0 Å². The molecule has 0 rings (SSSR count). The maximum Gasteiger partial charge on any atom is 0.361 e. The molecule has 0 bridgehead atoms. The van der Waals surface area contributed by atoms with E-state index in [1.807, 2.05) is 6.01 Å². The number of hydrogen-bond acceptors (Lipinski definition) is 6. The van der Waals surface area contributed by atoms with Gasteiger partial charge in [0.1, 0.15) is 0 Å². The molecular formula is C8H8N2O4. The van der Waals surface area contributed by atoms with E-state index in [1.54, 1.807) is 0 Å². The van der Waals surface area contributed by atoms with Crippen LogP contribution in [0.15, 0.2) is 35.1 Å². The van der Waals surface area contributed by atoms with Crippen LogP contribution in [0.1, 0.15) is 6.92 Å². The Labute approximate surface area is 80.2 Å². The van der Waals surface area contributed by atoms with Crippen molar-refractivity contribution in [1.29, 1.82) is 0 Å². The van der Waals surface area contributed by atoms with Gasteiger partial charge < -0.3 is 9.68 Å². The molecule has 0 radical (unpaired) electrons. The largest absolute Gasteiger partial charge is 0.361 e. The molecule has 0 aliphatic rings. The van der Waals surface area contributed by atoms with Crippen LogP contribution in [-0.2, 0) is 19.3 Å². The zero-order valence-corrected chi connectivity index (χ0v) is 7.52. The molecule has 0 unspecified atom stereocenters. The summed E-state index contributed by atoms with van der Waals surface area (Å²) in [6.45, 7) is 7.88. The van der Waals surface area contributed by atoms with Gasteiger partial charge in [-0.15, -0.1) is 0 Å². The summed E-state index contributed by atoms with van der Waals surface area (Å²) in [6, 6.07) is 1.81. The van der Waals surface area contributed by atoms with Gasteiger partial charge in [-0.1, -0.05) is 13.2 Å². The summed E-state index contributed by atoms with van der Waals surface area (Å²) in [6.07, 6.45) is 0.908. The molecular weight excluding hydrogens is 188 g/mol. The summed E-state index contributed by atoms with van der Waals surface area (Å²) in [5, 5.41) is 5.89. The summed E-state index contributed by atoms with van der Waals surface area (Å²) in [7, 11) is 0. The van der Waals surface area contributed by atoms with Gasteiger partial charge in [-0.25, -0.2) is 9.59 Å². The fourth-order valence-corrected chi connectivity index (χ4v) is 0.259. The van der Waals surface area contributed by atoms with Crippen LogP contribution < -0.4 is 0 Å². The van der Waals surface area contributed by atoms with E-state index in [0.717, 1.165) is 6.08 Å². The van der Waals surface area contributed by atoms with Crippen LogP contribution in [-0.4, -0.2) is 17.9 Å². The molecule has 0 fully saturated rings. The fourth-order valence-electron chi connectivity index (χ4n) is 0.259. The highest BCUT2D eigenvalue weighted by Gasteiger charge is 2.00. The van der Waals surface area contributed by atoms with Gasteiger partial charge in [-0.05, 0) is 17.2 Å². The molecule has 0 aliphatic heterocycles. The molecule has 0 heterocycles. The van der Waals surface area contributed by atoms with Crippen molar-refractivity contribution in [3.8, 4) is 0 Å². The topological polar surface area (TPSA) is 77.3 Å². The maximum absolute atomic E-state index is 10.7. The first-order chi connectivity index (χ1) is 6.57. The van der Waals surface area contributed by atoms with E-state index in [9.17, 15) is 9.59 Å². The van der Waals surface area contributed by atoms with Crippen molar-refractivity contribution in [3.05, 3.63) is 24.8 Å². The summed E-state index contributed by atoms with van der Waals surface area (Å²) >= 11 is 0. The summed E-state index contributed by atoms with van der Waals surface area (Å²) in [4.78, 5) is 29.3. The molecule has 0 atom stereocenters. The lowest BCUT2D eigenvalue weighted by atomic mass is 10.4. The highest BCUT2D eigenvalue weighted by molar-refractivity contribution is 5.86. The summed E-state index contributed by atoms with van der Waals surface area (Å²) in [5.74, 6) is -1.48. The Morgan fingerprint density at radius 1 is 1.36 bits per heavy atom. The van der Waals surface area contributed by atoms with Crippen LogP contribution in [0.2, 0.25) is 0 Å². The smallest absolute Gasteiger partial charge is 0.303 e. The van der Waals surface area contributed by atoms with Gasteiger partial charge in [0.2, 0.25) is 0 Å². The average Bonchev–Trinajstić information content (AvgIpc) is 2.16. The summed E-state index contributed by atoms with van der Waals surface area (Å²) < 4.78 is 0. The first kappa shape index (κ1) is 11.8. The molecule has 74 valence electrons. The second-order valence-corrected chi connectivity index (χ2v) is 2.06. The molecule has 0 saturated carbocycles. The predicted octanol–water partition coefficient (Wildman–Crippen LogP) is 0.839. The molecule has 0 aromatic heterocycles. The standard InChI is InChI=1S/C8H8N2O4/c1-4-7(11)13-9-5-10-14-8(12)6(2)3/h4H,1-2H2,3H3. The SMILES string of the molecule is C=CC(=O)ON=C=NOC(=O)C(=C)C. The first-order valence-corrected chi connectivity index (χ1v) is 3.43. The Morgan fingerprint density at radius 2 is 1.93 bits per heavy atom. The molecule has 0 aromatic rings. The van der Waals surface area contributed by atoms with E-state index >= 15 is 0 Å². The Kier molecular flexibility index (Phi) is 5.34. The average molecular weight is 196 g/mol. The molecule has 0 aromatic carbocycles. The highest BCUT2D eigenvalue weighted by Crippen LogP contribution is 1.90. The molecule has 0 aliphatic carbocycles. The van der Waals surface area contributed by atoms with Gasteiger partial charge in [-0.3, -0.25) is 0 Å². The normalized spacial score (nSPS) is 7.79. The van der Waals surface area contributed by atoms with E-state index in [-0.39, 0.29) is 5.57 Å². The zero-order chi connectivity index (χ0) is 11.0. The third kappa shape index (κ3) is 5.45. The van der Waals surface area contributed by atoms with Crippen molar-refractivity contribution in [2.24, 2.45) is 10.3 Å². The Hall–Kier alpha value is -2.20. The molecule has 0 spiro atoms. The molecule has 6 heteroatoms. The lowest BCUT2D eigenvalue weighted by molar-refractivity contribution is -0.138. The fraction of sp³-hybridized carbons (Fsp3) is 0.125. The number of carbonyl (C=O) groups is 2. The lowest BCUT2D eigenvalue weighted by Crippen LogP contribution is -1.99. The zero-order valence-electron chi connectivity index (χ0n) is 7.52. The number of hydrogen-bond donors (Lipinski definition) is 0. The minimum Gasteiger partial charge on any atom is -0.303 e. The van der Waals surface area contributed by atoms with Crippen LogP contribution in [0.4, 0.5) is 0 Å². The van der Waals surface area contributed by atoms with E-state index in [4.69, 9.17) is 0 Å². The van der Waals surface area contributed by atoms with Crippen molar-refractivity contribution < 1.29 is 19.3 Å². The Bertz CT molecular complexity index is 326. The van der Waals surface area contributed by atoms with E-state index in [0.29, 0.717) is 0 Å². The monoisotopic (exact) mass is 196 g/mol. The number of nitrogens with zero attached hydrogens (tertiary/aromatic N) is 2. The second-order valence-electron chi connectivity index (χ2n) is 2.06. The first-order valence-electron chi connectivity index (χ1n) is 3.43. The van der Waals surface area contributed by atoms with Crippen molar-refractivity contribution in [1.82, 2.24) is 0 Å². The van der Waals surface area contributed by atoms with Crippen molar-refractivity contribution in [2.45, 2.75) is 6.92 Å². The highest BCUT2D eigenvalue weighted by atomic mass is 16.7. The quantitative estimate of drug-likeness (QED) is 0.289. The van der Waals surface area contributed by atoms with Gasteiger partial charge in [0.15, 0.2) is 6.01 Å². The van der Waals surface area contributed by atoms with E-state index in [2.05, 4.69) is 33.1 Å². The molecule has 0 N–H and O–H groups in total. The maximum atomic E-state index is 10.7.